The van der Waals surface area contributed by atoms with Crippen LogP contribution in [0.2, 0.25) is 0 Å². The number of fused-ring (bicyclic) bond motifs is 2. The number of hydrogen-bond donors (Lipinski definition) is 1. The first-order chi connectivity index (χ1) is 11.2. The van der Waals surface area contributed by atoms with Crippen molar-refractivity contribution in [3.8, 4) is 11.1 Å². The zero-order valence-electron chi connectivity index (χ0n) is 12.6. The average Bonchev–Trinajstić information content (AvgIpc) is 2.96. The maximum absolute atomic E-state index is 11.1. The number of benzene rings is 2. The zero-order valence-corrected chi connectivity index (χ0v) is 13.4. The largest absolute Gasteiger partial charge is 0.387 e. The van der Waals surface area contributed by atoms with Gasteiger partial charge in [0.2, 0.25) is 0 Å². The fourth-order valence-corrected chi connectivity index (χ4v) is 4.13. The van der Waals surface area contributed by atoms with E-state index in [1.807, 2.05) is 30.0 Å². The van der Waals surface area contributed by atoms with Crippen molar-refractivity contribution in [1.29, 1.82) is 0 Å². The zero-order chi connectivity index (χ0) is 15.8. The molecule has 0 bridgehead atoms. The van der Waals surface area contributed by atoms with E-state index in [9.17, 15) is 4.79 Å². The van der Waals surface area contributed by atoms with Crippen LogP contribution in [0, 0.1) is 0 Å². The molecule has 2 aliphatic heterocycles. The molecule has 2 aromatic carbocycles. The van der Waals surface area contributed by atoms with Crippen LogP contribution in [0.3, 0.4) is 0 Å². The van der Waals surface area contributed by atoms with Gasteiger partial charge in [-0.3, -0.25) is 4.79 Å². The summed E-state index contributed by atoms with van der Waals surface area (Å²) in [5.74, 6) is 1.65. The van der Waals surface area contributed by atoms with Crippen molar-refractivity contribution in [2.24, 2.45) is 10.7 Å². The monoisotopic (exact) mass is 320 g/mol. The van der Waals surface area contributed by atoms with Crippen LogP contribution >= 0.6 is 11.8 Å². The van der Waals surface area contributed by atoms with Gasteiger partial charge >= 0.3 is 0 Å². The fraction of sp³-hybridized carbons (Fsp3) is 0.158. The van der Waals surface area contributed by atoms with Crippen LogP contribution in [0.4, 0.5) is 5.69 Å². The molecule has 4 heteroatoms. The Bertz CT molecular complexity index is 868. The number of hydrogen-bond acceptors (Lipinski definition) is 4. The van der Waals surface area contributed by atoms with Crippen molar-refractivity contribution in [3.05, 3.63) is 53.1 Å². The molecule has 2 N–H and O–H groups in total. The Kier molecular flexibility index (Phi) is 3.54. The number of rotatable bonds is 2. The SMILES string of the molecule is NC1=Nc2cc(-c3ccc4c(c3)SCC4)ccc2C=C(C=O)C1. The third-order valence-electron chi connectivity index (χ3n) is 4.20. The molecule has 0 atom stereocenters. The Balaban J connectivity index is 1.80. The number of nitrogens with two attached hydrogens (primary N) is 1. The Hall–Kier alpha value is -2.33. The molecule has 0 fully saturated rings. The number of carbonyl (C=O) groups is 1. The van der Waals surface area contributed by atoms with Gasteiger partial charge in [0.1, 0.15) is 12.1 Å². The lowest BCUT2D eigenvalue weighted by Gasteiger charge is -2.08. The summed E-state index contributed by atoms with van der Waals surface area (Å²) < 4.78 is 0. The van der Waals surface area contributed by atoms with Gasteiger partial charge in [-0.1, -0.05) is 24.3 Å². The molecule has 0 aliphatic carbocycles. The summed E-state index contributed by atoms with van der Waals surface area (Å²) in [4.78, 5) is 16.9. The molecule has 0 saturated heterocycles. The van der Waals surface area contributed by atoms with Crippen molar-refractivity contribution >= 4 is 35.6 Å². The second-order valence-corrected chi connectivity index (χ2v) is 6.95. The highest BCUT2D eigenvalue weighted by atomic mass is 32.2. The molecule has 0 radical (unpaired) electrons. The molecule has 2 heterocycles. The first-order valence-corrected chi connectivity index (χ1v) is 8.60. The second kappa shape index (κ2) is 5.70. The van der Waals surface area contributed by atoms with Gasteiger partial charge in [0, 0.05) is 28.2 Å². The van der Waals surface area contributed by atoms with Crippen molar-refractivity contribution < 1.29 is 4.79 Å². The minimum atomic E-state index is 0.406. The van der Waals surface area contributed by atoms with Gasteiger partial charge in [-0.25, -0.2) is 4.99 Å². The average molecular weight is 320 g/mol. The van der Waals surface area contributed by atoms with E-state index >= 15 is 0 Å². The highest BCUT2D eigenvalue weighted by molar-refractivity contribution is 7.99. The number of nitrogens with zero attached hydrogens (tertiary/aromatic N) is 1. The van der Waals surface area contributed by atoms with E-state index < -0.39 is 0 Å². The summed E-state index contributed by atoms with van der Waals surface area (Å²) in [6, 6.07) is 12.8. The molecule has 4 rings (SSSR count). The van der Waals surface area contributed by atoms with Crippen molar-refractivity contribution in [2.45, 2.75) is 17.7 Å². The number of aldehydes is 1. The van der Waals surface area contributed by atoms with Gasteiger partial charge < -0.3 is 5.73 Å². The van der Waals surface area contributed by atoms with E-state index in [1.165, 1.54) is 21.8 Å². The van der Waals surface area contributed by atoms with Gasteiger partial charge in [-0.2, -0.15) is 0 Å². The summed E-state index contributed by atoms with van der Waals surface area (Å²) in [5, 5.41) is 0. The summed E-state index contributed by atoms with van der Waals surface area (Å²) >= 11 is 1.92. The predicted molar refractivity (Wildman–Crippen MR) is 96.2 cm³/mol. The Morgan fingerprint density at radius 2 is 1.96 bits per heavy atom. The lowest BCUT2D eigenvalue weighted by molar-refractivity contribution is -0.104. The Morgan fingerprint density at radius 1 is 1.13 bits per heavy atom. The molecule has 0 saturated carbocycles. The van der Waals surface area contributed by atoms with Crippen LogP contribution in [0.1, 0.15) is 17.5 Å². The number of thioether (sulfide) groups is 1. The van der Waals surface area contributed by atoms with Crippen LogP contribution < -0.4 is 5.73 Å². The molecule has 0 unspecified atom stereocenters. The lowest BCUT2D eigenvalue weighted by atomic mass is 10.00. The van der Waals surface area contributed by atoms with Crippen molar-refractivity contribution in [3.63, 3.8) is 0 Å². The number of aliphatic imine (C=N–C) groups is 1. The molecule has 114 valence electrons. The quantitative estimate of drug-likeness (QED) is 0.852. The van der Waals surface area contributed by atoms with E-state index in [4.69, 9.17) is 5.73 Å². The van der Waals surface area contributed by atoms with Crippen molar-refractivity contribution in [2.75, 3.05) is 5.75 Å². The number of aryl methyl sites for hydroxylation is 1. The molecular formula is C19H16N2OS. The van der Waals surface area contributed by atoms with Crippen molar-refractivity contribution in [1.82, 2.24) is 0 Å². The van der Waals surface area contributed by atoms with Gasteiger partial charge in [-0.05, 0) is 41.3 Å². The molecule has 2 aromatic rings. The van der Waals surface area contributed by atoms with Crippen LogP contribution in [-0.2, 0) is 11.2 Å². The summed E-state index contributed by atoms with van der Waals surface area (Å²) in [7, 11) is 0. The van der Waals surface area contributed by atoms with Crippen LogP contribution in [0.15, 0.2) is 51.9 Å². The highest BCUT2D eigenvalue weighted by Gasteiger charge is 2.14. The summed E-state index contributed by atoms with van der Waals surface area (Å²) in [6.45, 7) is 0. The van der Waals surface area contributed by atoms with Gasteiger partial charge in [0.05, 0.1) is 5.69 Å². The summed E-state index contributed by atoms with van der Waals surface area (Å²) in [5.41, 5.74) is 12.1. The van der Waals surface area contributed by atoms with E-state index in [-0.39, 0.29) is 0 Å². The second-order valence-electron chi connectivity index (χ2n) is 5.81. The maximum Gasteiger partial charge on any atom is 0.146 e. The molecule has 3 nitrogen and oxygen atoms in total. The molecule has 0 spiro atoms. The van der Waals surface area contributed by atoms with Crippen LogP contribution in [0.5, 0.6) is 0 Å². The topological polar surface area (TPSA) is 55.4 Å². The predicted octanol–water partition coefficient (Wildman–Crippen LogP) is 3.98. The molecule has 0 amide bonds. The Morgan fingerprint density at radius 3 is 2.83 bits per heavy atom. The number of amidine groups is 1. The number of carbonyl (C=O) groups excluding carboxylic acids is 1. The van der Waals surface area contributed by atoms with Gasteiger partial charge in [-0.15, -0.1) is 11.8 Å². The standard InChI is InChI=1S/C19H16N2OS/c20-19-8-12(11-22)7-16-4-3-14(9-17(16)21-19)15-2-1-13-5-6-23-18(13)10-15/h1-4,7,9-11H,5-6,8H2,(H2,20,21). The maximum atomic E-state index is 11.1. The molecule has 23 heavy (non-hydrogen) atoms. The van der Waals surface area contributed by atoms with E-state index in [1.54, 1.807) is 0 Å². The van der Waals surface area contributed by atoms with E-state index in [0.29, 0.717) is 17.8 Å². The lowest BCUT2D eigenvalue weighted by Crippen LogP contribution is -2.11. The molecule has 2 aliphatic rings. The van der Waals surface area contributed by atoms with Crippen LogP contribution in [-0.4, -0.2) is 17.9 Å². The normalized spacial score (nSPS) is 16.0. The minimum absolute atomic E-state index is 0.406. The smallest absolute Gasteiger partial charge is 0.146 e. The molecule has 0 aromatic heterocycles. The fourth-order valence-electron chi connectivity index (χ4n) is 3.02. The highest BCUT2D eigenvalue weighted by Crippen LogP contribution is 2.36. The van der Waals surface area contributed by atoms with Crippen LogP contribution in [0.25, 0.3) is 17.2 Å². The van der Waals surface area contributed by atoms with E-state index in [0.717, 1.165) is 29.5 Å². The van der Waals surface area contributed by atoms with Gasteiger partial charge in [0.15, 0.2) is 0 Å². The third kappa shape index (κ3) is 2.70. The summed E-state index contributed by atoms with van der Waals surface area (Å²) in [6.07, 6.45) is 4.28. The Labute approximate surface area is 139 Å². The third-order valence-corrected chi connectivity index (χ3v) is 5.30. The molecular weight excluding hydrogens is 304 g/mol. The minimum Gasteiger partial charge on any atom is -0.387 e. The first kappa shape index (κ1) is 14.3. The van der Waals surface area contributed by atoms with E-state index in [2.05, 4.69) is 29.3 Å². The van der Waals surface area contributed by atoms with Gasteiger partial charge in [0.25, 0.3) is 0 Å². The first-order valence-electron chi connectivity index (χ1n) is 7.62.